The van der Waals surface area contributed by atoms with Gasteiger partial charge in [-0.15, -0.1) is 0 Å². The van der Waals surface area contributed by atoms with Gasteiger partial charge in [0.1, 0.15) is 13.2 Å². The van der Waals surface area contributed by atoms with E-state index in [1.54, 1.807) is 24.3 Å². The number of carbonyl (C=O) groups excluding carboxylic acids is 1. The summed E-state index contributed by atoms with van der Waals surface area (Å²) in [6, 6.07) is 11.0. The van der Waals surface area contributed by atoms with Gasteiger partial charge in [0.15, 0.2) is 11.5 Å². The van der Waals surface area contributed by atoms with Crippen molar-refractivity contribution >= 4 is 21.6 Å². The number of hydrogen-bond acceptors (Lipinski definition) is 5. The highest BCUT2D eigenvalue weighted by Crippen LogP contribution is 2.32. The summed E-state index contributed by atoms with van der Waals surface area (Å²) >= 11 is 0. The SMILES string of the molecule is CC(C)CCC(C)NC(=O)c1cccc(NS(=O)(=O)c2ccc3c(c2)OCCO3)c1. The second-order valence-corrected chi connectivity index (χ2v) is 9.52. The van der Waals surface area contributed by atoms with Crippen LogP contribution < -0.4 is 19.5 Å². The first kappa shape index (κ1) is 22.0. The Morgan fingerprint density at radius 2 is 1.73 bits per heavy atom. The molecule has 0 spiro atoms. The fraction of sp³-hybridized carbons (Fsp3) is 0.409. The molecule has 162 valence electrons. The standard InChI is InChI=1S/C22H28N2O5S/c1-15(2)7-8-16(3)23-22(25)17-5-4-6-18(13-17)24-30(26,27)19-9-10-20-21(14-19)29-12-11-28-20/h4-6,9-10,13-16,24H,7-8,11-12H2,1-3H3,(H,23,25). The molecule has 1 heterocycles. The van der Waals surface area contributed by atoms with E-state index in [2.05, 4.69) is 23.9 Å². The molecular formula is C22H28N2O5S. The number of nitrogens with one attached hydrogen (secondary N) is 2. The van der Waals surface area contributed by atoms with E-state index in [1.165, 1.54) is 18.2 Å². The molecule has 0 aromatic heterocycles. The van der Waals surface area contributed by atoms with Gasteiger partial charge in [0.05, 0.1) is 4.90 Å². The van der Waals surface area contributed by atoms with Crippen molar-refractivity contribution in [2.75, 3.05) is 17.9 Å². The first-order chi connectivity index (χ1) is 14.2. The monoisotopic (exact) mass is 432 g/mol. The quantitative estimate of drug-likeness (QED) is 0.662. The van der Waals surface area contributed by atoms with Gasteiger partial charge in [0.2, 0.25) is 0 Å². The van der Waals surface area contributed by atoms with Gasteiger partial charge in [-0.05, 0) is 56.0 Å². The van der Waals surface area contributed by atoms with Crippen LogP contribution in [0.4, 0.5) is 5.69 Å². The maximum atomic E-state index is 12.8. The van der Waals surface area contributed by atoms with E-state index in [9.17, 15) is 13.2 Å². The smallest absolute Gasteiger partial charge is 0.262 e. The average Bonchev–Trinajstić information content (AvgIpc) is 2.71. The highest BCUT2D eigenvalue weighted by molar-refractivity contribution is 7.92. The van der Waals surface area contributed by atoms with Gasteiger partial charge in [-0.2, -0.15) is 0 Å². The lowest BCUT2D eigenvalue weighted by atomic mass is 10.0. The zero-order chi connectivity index (χ0) is 21.7. The second-order valence-electron chi connectivity index (χ2n) is 7.84. The van der Waals surface area contributed by atoms with Crippen molar-refractivity contribution in [2.24, 2.45) is 5.92 Å². The molecule has 0 radical (unpaired) electrons. The molecule has 3 rings (SSSR count). The van der Waals surface area contributed by atoms with Crippen LogP contribution in [0, 0.1) is 5.92 Å². The van der Waals surface area contributed by atoms with Gasteiger partial charge in [-0.1, -0.05) is 19.9 Å². The van der Waals surface area contributed by atoms with Crippen molar-refractivity contribution in [3.05, 3.63) is 48.0 Å². The predicted octanol–water partition coefficient (Wildman–Crippen LogP) is 3.81. The van der Waals surface area contributed by atoms with Gasteiger partial charge in [0, 0.05) is 23.4 Å². The Bertz CT molecular complexity index is 1000. The first-order valence-corrected chi connectivity index (χ1v) is 11.6. The predicted molar refractivity (Wildman–Crippen MR) is 116 cm³/mol. The topological polar surface area (TPSA) is 93.7 Å². The van der Waals surface area contributed by atoms with E-state index in [0.717, 1.165) is 12.8 Å². The molecule has 0 saturated heterocycles. The van der Waals surface area contributed by atoms with Crippen molar-refractivity contribution in [1.29, 1.82) is 0 Å². The first-order valence-electron chi connectivity index (χ1n) is 10.1. The molecule has 7 nitrogen and oxygen atoms in total. The van der Waals surface area contributed by atoms with Gasteiger partial charge >= 0.3 is 0 Å². The van der Waals surface area contributed by atoms with Gasteiger partial charge in [-0.3, -0.25) is 9.52 Å². The maximum Gasteiger partial charge on any atom is 0.262 e. The average molecular weight is 433 g/mol. The molecule has 0 bridgehead atoms. The number of hydrogen-bond donors (Lipinski definition) is 2. The van der Waals surface area contributed by atoms with E-state index < -0.39 is 10.0 Å². The molecule has 2 aromatic rings. The summed E-state index contributed by atoms with van der Waals surface area (Å²) in [6.45, 7) is 7.06. The van der Waals surface area contributed by atoms with Gasteiger partial charge < -0.3 is 14.8 Å². The van der Waals surface area contributed by atoms with Crippen LogP contribution in [0.5, 0.6) is 11.5 Å². The number of rotatable bonds is 8. The zero-order valence-corrected chi connectivity index (χ0v) is 18.3. The molecule has 0 fully saturated rings. The molecular weight excluding hydrogens is 404 g/mol. The Labute approximate surface area is 177 Å². The molecule has 0 aliphatic carbocycles. The third-order valence-corrected chi connectivity index (χ3v) is 6.13. The summed E-state index contributed by atoms with van der Waals surface area (Å²) in [5.41, 5.74) is 0.709. The van der Waals surface area contributed by atoms with Crippen molar-refractivity contribution < 1.29 is 22.7 Å². The summed E-state index contributed by atoms with van der Waals surface area (Å²) in [4.78, 5) is 12.6. The van der Waals surface area contributed by atoms with E-state index in [0.29, 0.717) is 41.9 Å². The molecule has 8 heteroatoms. The second kappa shape index (κ2) is 9.38. The lowest BCUT2D eigenvalue weighted by molar-refractivity contribution is 0.0937. The molecule has 2 aromatic carbocycles. The third kappa shape index (κ3) is 5.66. The number of fused-ring (bicyclic) bond motifs is 1. The van der Waals surface area contributed by atoms with Crippen LogP contribution in [0.1, 0.15) is 44.0 Å². The molecule has 2 N–H and O–H groups in total. The summed E-state index contributed by atoms with van der Waals surface area (Å²) in [7, 11) is -3.85. The normalized spacial score (nSPS) is 14.3. The van der Waals surface area contributed by atoms with Crippen LogP contribution in [0.15, 0.2) is 47.4 Å². The maximum absolute atomic E-state index is 12.8. The molecule has 0 saturated carbocycles. The van der Waals surface area contributed by atoms with Crippen LogP contribution in [-0.2, 0) is 10.0 Å². The van der Waals surface area contributed by atoms with Crippen LogP contribution in [0.3, 0.4) is 0 Å². The number of anilines is 1. The van der Waals surface area contributed by atoms with E-state index >= 15 is 0 Å². The molecule has 1 unspecified atom stereocenters. The molecule has 30 heavy (non-hydrogen) atoms. The fourth-order valence-corrected chi connectivity index (χ4v) is 4.16. The van der Waals surface area contributed by atoms with E-state index in [4.69, 9.17) is 9.47 Å². The van der Waals surface area contributed by atoms with E-state index in [-0.39, 0.29) is 16.8 Å². The number of sulfonamides is 1. The molecule has 1 aliphatic heterocycles. The minimum absolute atomic E-state index is 0.0398. The van der Waals surface area contributed by atoms with Crippen LogP contribution in [0.2, 0.25) is 0 Å². The lowest BCUT2D eigenvalue weighted by Crippen LogP contribution is -2.32. The van der Waals surface area contributed by atoms with Crippen molar-refractivity contribution in [3.8, 4) is 11.5 Å². The molecule has 1 aliphatic rings. The van der Waals surface area contributed by atoms with Crippen molar-refractivity contribution in [2.45, 2.75) is 44.6 Å². The van der Waals surface area contributed by atoms with Gasteiger partial charge in [-0.25, -0.2) is 8.42 Å². The Hall–Kier alpha value is -2.74. The summed E-state index contributed by atoms with van der Waals surface area (Å²) in [5.74, 6) is 1.26. The largest absolute Gasteiger partial charge is 0.486 e. The molecule has 1 atom stereocenters. The van der Waals surface area contributed by atoms with Crippen molar-refractivity contribution in [1.82, 2.24) is 5.32 Å². The summed E-state index contributed by atoms with van der Waals surface area (Å²) in [5, 5.41) is 2.96. The highest BCUT2D eigenvalue weighted by Gasteiger charge is 2.20. The lowest BCUT2D eigenvalue weighted by Gasteiger charge is -2.19. The Kier molecular flexibility index (Phi) is 6.87. The zero-order valence-electron chi connectivity index (χ0n) is 17.5. The van der Waals surface area contributed by atoms with Crippen molar-refractivity contribution in [3.63, 3.8) is 0 Å². The summed E-state index contributed by atoms with van der Waals surface area (Å²) in [6.07, 6.45) is 1.91. The number of ether oxygens (including phenoxy) is 2. The Balaban J connectivity index is 1.70. The minimum Gasteiger partial charge on any atom is -0.486 e. The van der Waals surface area contributed by atoms with Crippen LogP contribution >= 0.6 is 0 Å². The van der Waals surface area contributed by atoms with Gasteiger partial charge in [0.25, 0.3) is 15.9 Å². The Morgan fingerprint density at radius 3 is 2.47 bits per heavy atom. The molecule has 1 amide bonds. The highest BCUT2D eigenvalue weighted by atomic mass is 32.2. The Morgan fingerprint density at radius 1 is 1.00 bits per heavy atom. The summed E-state index contributed by atoms with van der Waals surface area (Å²) < 4.78 is 39.0. The van der Waals surface area contributed by atoms with Crippen LogP contribution in [0.25, 0.3) is 0 Å². The third-order valence-electron chi connectivity index (χ3n) is 4.76. The number of carbonyl (C=O) groups is 1. The fourth-order valence-electron chi connectivity index (χ4n) is 3.09. The van der Waals surface area contributed by atoms with E-state index in [1.807, 2.05) is 6.92 Å². The minimum atomic E-state index is -3.85. The number of benzene rings is 2. The van der Waals surface area contributed by atoms with Crippen LogP contribution in [-0.4, -0.2) is 33.6 Å². The number of amides is 1.